The third-order valence-corrected chi connectivity index (χ3v) is 3.13. The van der Waals surface area contributed by atoms with Crippen molar-refractivity contribution < 1.29 is 0 Å². The SMILES string of the molecule is CCNc1nc(C)c(C)nc1-c1ccsc1. The van der Waals surface area contributed by atoms with E-state index in [2.05, 4.69) is 39.0 Å². The fourth-order valence-corrected chi connectivity index (χ4v) is 2.13. The van der Waals surface area contributed by atoms with Gasteiger partial charge in [-0.05, 0) is 32.2 Å². The monoisotopic (exact) mass is 233 g/mol. The number of hydrogen-bond donors (Lipinski definition) is 1. The number of aryl methyl sites for hydroxylation is 2. The standard InChI is InChI=1S/C12H15N3S/c1-4-13-12-11(10-5-6-16-7-10)14-8(2)9(3)15-12/h5-7H,4H2,1-3H3,(H,13,15). The predicted octanol–water partition coefficient (Wildman–Crippen LogP) is 3.25. The summed E-state index contributed by atoms with van der Waals surface area (Å²) in [6.45, 7) is 6.90. The molecule has 0 fully saturated rings. The summed E-state index contributed by atoms with van der Waals surface area (Å²) in [5.41, 5.74) is 4.06. The van der Waals surface area contributed by atoms with Crippen LogP contribution in [-0.2, 0) is 0 Å². The van der Waals surface area contributed by atoms with Crippen molar-refractivity contribution in [1.82, 2.24) is 9.97 Å². The lowest BCUT2D eigenvalue weighted by Crippen LogP contribution is -2.05. The van der Waals surface area contributed by atoms with E-state index in [1.807, 2.05) is 13.8 Å². The molecule has 0 aliphatic heterocycles. The van der Waals surface area contributed by atoms with Crippen molar-refractivity contribution in [3.8, 4) is 11.3 Å². The second kappa shape index (κ2) is 4.61. The highest BCUT2D eigenvalue weighted by Gasteiger charge is 2.10. The molecular formula is C12H15N3S. The minimum Gasteiger partial charge on any atom is -0.369 e. The molecule has 2 aromatic heterocycles. The van der Waals surface area contributed by atoms with E-state index >= 15 is 0 Å². The summed E-state index contributed by atoms with van der Waals surface area (Å²) < 4.78 is 0. The number of nitrogens with one attached hydrogen (secondary N) is 1. The molecule has 0 saturated heterocycles. The van der Waals surface area contributed by atoms with Crippen LogP contribution in [0.5, 0.6) is 0 Å². The van der Waals surface area contributed by atoms with E-state index in [4.69, 9.17) is 0 Å². The molecule has 3 nitrogen and oxygen atoms in total. The van der Waals surface area contributed by atoms with Crippen LogP contribution >= 0.6 is 11.3 Å². The highest BCUT2D eigenvalue weighted by atomic mass is 32.1. The summed E-state index contributed by atoms with van der Waals surface area (Å²) in [5, 5.41) is 7.42. The lowest BCUT2D eigenvalue weighted by molar-refractivity contribution is 1.03. The van der Waals surface area contributed by atoms with E-state index in [0.717, 1.165) is 35.0 Å². The second-order valence-corrected chi connectivity index (χ2v) is 4.41. The van der Waals surface area contributed by atoms with Gasteiger partial charge in [-0.1, -0.05) is 0 Å². The smallest absolute Gasteiger partial charge is 0.152 e. The largest absolute Gasteiger partial charge is 0.369 e. The van der Waals surface area contributed by atoms with Gasteiger partial charge in [-0.3, -0.25) is 0 Å². The van der Waals surface area contributed by atoms with E-state index in [0.29, 0.717) is 0 Å². The fourth-order valence-electron chi connectivity index (χ4n) is 1.49. The minimum absolute atomic E-state index is 0.855. The van der Waals surface area contributed by atoms with Crippen molar-refractivity contribution in [2.24, 2.45) is 0 Å². The summed E-state index contributed by atoms with van der Waals surface area (Å²) in [5.74, 6) is 0.879. The summed E-state index contributed by atoms with van der Waals surface area (Å²) >= 11 is 1.68. The molecule has 0 bridgehead atoms. The van der Waals surface area contributed by atoms with Crippen LogP contribution < -0.4 is 5.32 Å². The average molecular weight is 233 g/mol. The predicted molar refractivity (Wildman–Crippen MR) is 69.0 cm³/mol. The van der Waals surface area contributed by atoms with Gasteiger partial charge in [0.1, 0.15) is 5.69 Å². The van der Waals surface area contributed by atoms with Gasteiger partial charge in [0, 0.05) is 17.5 Å². The molecule has 2 aromatic rings. The maximum absolute atomic E-state index is 4.62. The summed E-state index contributed by atoms with van der Waals surface area (Å²) in [7, 11) is 0. The molecule has 0 spiro atoms. The molecule has 4 heteroatoms. The number of nitrogens with zero attached hydrogens (tertiary/aromatic N) is 2. The third kappa shape index (κ3) is 2.07. The molecule has 0 aromatic carbocycles. The van der Waals surface area contributed by atoms with Crippen molar-refractivity contribution >= 4 is 17.2 Å². The Morgan fingerprint density at radius 2 is 2.00 bits per heavy atom. The summed E-state index contributed by atoms with van der Waals surface area (Å²) in [4.78, 5) is 9.16. The van der Waals surface area contributed by atoms with E-state index in [9.17, 15) is 0 Å². The maximum Gasteiger partial charge on any atom is 0.152 e. The van der Waals surface area contributed by atoms with E-state index < -0.39 is 0 Å². The normalized spacial score (nSPS) is 10.4. The van der Waals surface area contributed by atoms with Crippen molar-refractivity contribution in [2.45, 2.75) is 20.8 Å². The maximum atomic E-state index is 4.62. The van der Waals surface area contributed by atoms with Crippen LogP contribution in [0.4, 0.5) is 5.82 Å². The molecule has 0 saturated carbocycles. The Bertz CT molecular complexity index is 477. The third-order valence-electron chi connectivity index (χ3n) is 2.45. The number of thiophene rings is 1. The molecule has 0 aliphatic carbocycles. The molecule has 0 radical (unpaired) electrons. The fraction of sp³-hybridized carbons (Fsp3) is 0.333. The molecule has 0 unspecified atom stereocenters. The Morgan fingerprint density at radius 3 is 2.62 bits per heavy atom. The lowest BCUT2D eigenvalue weighted by Gasteiger charge is -2.10. The zero-order chi connectivity index (χ0) is 11.5. The van der Waals surface area contributed by atoms with Crippen LogP contribution in [0.2, 0.25) is 0 Å². The van der Waals surface area contributed by atoms with Gasteiger partial charge in [0.2, 0.25) is 0 Å². The number of hydrogen-bond acceptors (Lipinski definition) is 4. The van der Waals surface area contributed by atoms with Gasteiger partial charge in [-0.2, -0.15) is 11.3 Å². The second-order valence-electron chi connectivity index (χ2n) is 3.63. The van der Waals surface area contributed by atoms with Gasteiger partial charge in [0.15, 0.2) is 5.82 Å². The minimum atomic E-state index is 0.855. The van der Waals surface area contributed by atoms with Crippen LogP contribution in [-0.4, -0.2) is 16.5 Å². The summed E-state index contributed by atoms with van der Waals surface area (Å²) in [6, 6.07) is 2.07. The molecule has 84 valence electrons. The van der Waals surface area contributed by atoms with Crippen molar-refractivity contribution in [2.75, 3.05) is 11.9 Å². The molecule has 1 N–H and O–H groups in total. The Balaban J connectivity index is 2.54. The molecule has 16 heavy (non-hydrogen) atoms. The molecule has 2 heterocycles. The number of aromatic nitrogens is 2. The first-order valence-electron chi connectivity index (χ1n) is 5.34. The van der Waals surface area contributed by atoms with Crippen molar-refractivity contribution in [3.63, 3.8) is 0 Å². The number of rotatable bonds is 3. The Labute approximate surface area is 99.6 Å². The van der Waals surface area contributed by atoms with Gasteiger partial charge >= 0.3 is 0 Å². The Morgan fingerprint density at radius 1 is 1.25 bits per heavy atom. The molecule has 0 amide bonds. The average Bonchev–Trinajstić information content (AvgIpc) is 2.76. The van der Waals surface area contributed by atoms with E-state index in [1.54, 1.807) is 11.3 Å². The van der Waals surface area contributed by atoms with Crippen LogP contribution in [0.15, 0.2) is 16.8 Å². The van der Waals surface area contributed by atoms with Crippen LogP contribution in [0.25, 0.3) is 11.3 Å². The van der Waals surface area contributed by atoms with Gasteiger partial charge in [-0.25, -0.2) is 9.97 Å². The van der Waals surface area contributed by atoms with Gasteiger partial charge in [-0.15, -0.1) is 0 Å². The van der Waals surface area contributed by atoms with Gasteiger partial charge in [0.05, 0.1) is 11.4 Å². The molecule has 0 aliphatic rings. The van der Waals surface area contributed by atoms with Crippen LogP contribution in [0, 0.1) is 13.8 Å². The van der Waals surface area contributed by atoms with Gasteiger partial charge in [0.25, 0.3) is 0 Å². The quantitative estimate of drug-likeness (QED) is 0.884. The molecule has 2 rings (SSSR count). The van der Waals surface area contributed by atoms with E-state index in [-0.39, 0.29) is 0 Å². The topological polar surface area (TPSA) is 37.8 Å². The number of anilines is 1. The highest BCUT2D eigenvalue weighted by molar-refractivity contribution is 7.08. The molecule has 0 atom stereocenters. The zero-order valence-electron chi connectivity index (χ0n) is 9.74. The van der Waals surface area contributed by atoms with Crippen molar-refractivity contribution in [3.05, 3.63) is 28.2 Å². The lowest BCUT2D eigenvalue weighted by atomic mass is 10.2. The molecular weight excluding hydrogens is 218 g/mol. The van der Waals surface area contributed by atoms with Crippen molar-refractivity contribution in [1.29, 1.82) is 0 Å². The first-order valence-corrected chi connectivity index (χ1v) is 6.28. The highest BCUT2D eigenvalue weighted by Crippen LogP contribution is 2.27. The van der Waals surface area contributed by atoms with E-state index in [1.165, 1.54) is 0 Å². The zero-order valence-corrected chi connectivity index (χ0v) is 10.6. The van der Waals surface area contributed by atoms with Crippen LogP contribution in [0.3, 0.4) is 0 Å². The van der Waals surface area contributed by atoms with Crippen LogP contribution in [0.1, 0.15) is 18.3 Å². The Hall–Kier alpha value is -1.42. The summed E-state index contributed by atoms with van der Waals surface area (Å²) in [6.07, 6.45) is 0. The first kappa shape index (κ1) is 11.1. The Kier molecular flexibility index (Phi) is 3.19. The van der Waals surface area contributed by atoms with Gasteiger partial charge < -0.3 is 5.32 Å². The first-order chi connectivity index (χ1) is 7.72.